The van der Waals surface area contributed by atoms with Gasteiger partial charge in [-0.15, -0.1) is 0 Å². The monoisotopic (exact) mass is 182 g/mol. The zero-order valence-electron chi connectivity index (χ0n) is 8.49. The molecule has 2 aliphatic heterocycles. The van der Waals surface area contributed by atoms with Gasteiger partial charge in [0.1, 0.15) is 0 Å². The lowest BCUT2D eigenvalue weighted by Gasteiger charge is -2.26. The minimum atomic E-state index is 0.368. The largest absolute Gasteiger partial charge is 0.338 e. The summed E-state index contributed by atoms with van der Waals surface area (Å²) in [5.41, 5.74) is 0. The molecule has 74 valence electrons. The standard InChI is InChI=1S/C10H18N2O/c1-8-6-11(2)7-9(8)12-5-3-4-10(12)13/h8-9H,3-7H2,1-2H3. The van der Waals surface area contributed by atoms with Crippen LogP contribution in [0.15, 0.2) is 0 Å². The molecule has 2 saturated heterocycles. The van der Waals surface area contributed by atoms with E-state index < -0.39 is 0 Å². The van der Waals surface area contributed by atoms with Crippen LogP contribution < -0.4 is 0 Å². The van der Waals surface area contributed by atoms with Gasteiger partial charge < -0.3 is 9.80 Å². The summed E-state index contributed by atoms with van der Waals surface area (Å²) >= 11 is 0. The van der Waals surface area contributed by atoms with Crippen molar-refractivity contribution >= 4 is 5.91 Å². The van der Waals surface area contributed by atoms with Crippen molar-refractivity contribution in [3.8, 4) is 0 Å². The summed E-state index contributed by atoms with van der Waals surface area (Å²) < 4.78 is 0. The Balaban J connectivity index is 2.04. The summed E-state index contributed by atoms with van der Waals surface area (Å²) in [5.74, 6) is 1.01. The number of hydrogen-bond donors (Lipinski definition) is 0. The fourth-order valence-electron chi connectivity index (χ4n) is 2.61. The van der Waals surface area contributed by atoms with Gasteiger partial charge in [-0.05, 0) is 19.4 Å². The SMILES string of the molecule is CC1CN(C)CC1N1CCCC1=O. The molecule has 0 saturated carbocycles. The van der Waals surface area contributed by atoms with Gasteiger partial charge >= 0.3 is 0 Å². The van der Waals surface area contributed by atoms with E-state index in [0.29, 0.717) is 17.9 Å². The summed E-state index contributed by atoms with van der Waals surface area (Å²) in [6.45, 7) is 5.43. The number of carbonyl (C=O) groups excluding carboxylic acids is 1. The maximum absolute atomic E-state index is 11.5. The summed E-state index contributed by atoms with van der Waals surface area (Å²) in [7, 11) is 2.14. The van der Waals surface area contributed by atoms with Gasteiger partial charge in [0.2, 0.25) is 5.91 Å². The van der Waals surface area contributed by atoms with Crippen molar-refractivity contribution in [3.63, 3.8) is 0 Å². The van der Waals surface area contributed by atoms with Crippen LogP contribution >= 0.6 is 0 Å². The van der Waals surface area contributed by atoms with Crippen LogP contribution in [0.2, 0.25) is 0 Å². The summed E-state index contributed by atoms with van der Waals surface area (Å²) in [6, 6.07) is 0.486. The highest BCUT2D eigenvalue weighted by Crippen LogP contribution is 2.24. The lowest BCUT2D eigenvalue weighted by Crippen LogP contribution is -2.40. The Kier molecular flexibility index (Phi) is 2.28. The van der Waals surface area contributed by atoms with E-state index in [4.69, 9.17) is 0 Å². The molecule has 3 nitrogen and oxygen atoms in total. The van der Waals surface area contributed by atoms with Gasteiger partial charge in [-0.2, -0.15) is 0 Å². The van der Waals surface area contributed by atoms with Gasteiger partial charge in [0.25, 0.3) is 0 Å². The minimum Gasteiger partial charge on any atom is -0.338 e. The maximum Gasteiger partial charge on any atom is 0.222 e. The van der Waals surface area contributed by atoms with E-state index in [2.05, 4.69) is 23.8 Å². The van der Waals surface area contributed by atoms with E-state index in [1.807, 2.05) is 0 Å². The summed E-state index contributed by atoms with van der Waals surface area (Å²) in [5, 5.41) is 0. The molecule has 2 fully saturated rings. The third-order valence-electron chi connectivity index (χ3n) is 3.27. The van der Waals surface area contributed by atoms with Crippen molar-refractivity contribution < 1.29 is 4.79 Å². The van der Waals surface area contributed by atoms with Gasteiger partial charge in [-0.3, -0.25) is 4.79 Å². The van der Waals surface area contributed by atoms with Crippen LogP contribution in [0.5, 0.6) is 0 Å². The average Bonchev–Trinajstić information content (AvgIpc) is 2.58. The molecule has 2 atom stereocenters. The van der Waals surface area contributed by atoms with E-state index in [1.54, 1.807) is 0 Å². The average molecular weight is 182 g/mol. The lowest BCUT2D eigenvalue weighted by atomic mass is 10.1. The topological polar surface area (TPSA) is 23.6 Å². The van der Waals surface area contributed by atoms with Crippen LogP contribution in [0.25, 0.3) is 0 Å². The third-order valence-corrected chi connectivity index (χ3v) is 3.27. The quantitative estimate of drug-likeness (QED) is 0.591. The molecule has 0 radical (unpaired) electrons. The van der Waals surface area contributed by atoms with Crippen LogP contribution in [-0.2, 0) is 4.79 Å². The fourth-order valence-corrected chi connectivity index (χ4v) is 2.61. The molecule has 0 aromatic rings. The molecule has 13 heavy (non-hydrogen) atoms. The minimum absolute atomic E-state index is 0.368. The van der Waals surface area contributed by atoms with Crippen molar-refractivity contribution in [2.45, 2.75) is 25.8 Å². The van der Waals surface area contributed by atoms with E-state index in [0.717, 1.165) is 32.5 Å². The Morgan fingerprint density at radius 3 is 2.62 bits per heavy atom. The van der Waals surface area contributed by atoms with Crippen LogP contribution in [0.1, 0.15) is 19.8 Å². The first kappa shape index (κ1) is 9.00. The lowest BCUT2D eigenvalue weighted by molar-refractivity contribution is -0.130. The number of hydrogen-bond acceptors (Lipinski definition) is 2. The molecule has 2 aliphatic rings. The second-order valence-electron chi connectivity index (χ2n) is 4.46. The van der Waals surface area contributed by atoms with Crippen LogP contribution in [0.4, 0.5) is 0 Å². The molecule has 0 spiro atoms. The van der Waals surface area contributed by atoms with Crippen molar-refractivity contribution in [3.05, 3.63) is 0 Å². The molecule has 2 unspecified atom stereocenters. The first-order valence-corrected chi connectivity index (χ1v) is 5.16. The van der Waals surface area contributed by atoms with Gasteiger partial charge in [0.15, 0.2) is 0 Å². The first-order valence-electron chi connectivity index (χ1n) is 5.16. The second kappa shape index (κ2) is 3.29. The molecule has 0 aromatic carbocycles. The Bertz CT molecular complexity index is 217. The van der Waals surface area contributed by atoms with Crippen LogP contribution in [0, 0.1) is 5.92 Å². The second-order valence-corrected chi connectivity index (χ2v) is 4.46. The number of carbonyl (C=O) groups is 1. The predicted octanol–water partition coefficient (Wildman–Crippen LogP) is 0.559. The van der Waals surface area contributed by atoms with Gasteiger partial charge in [0, 0.05) is 32.1 Å². The zero-order chi connectivity index (χ0) is 9.42. The van der Waals surface area contributed by atoms with Crippen molar-refractivity contribution in [2.75, 3.05) is 26.7 Å². The van der Waals surface area contributed by atoms with Crippen molar-refractivity contribution in [1.82, 2.24) is 9.80 Å². The molecule has 2 rings (SSSR count). The van der Waals surface area contributed by atoms with Crippen molar-refractivity contribution in [2.24, 2.45) is 5.92 Å². The Labute approximate surface area is 79.7 Å². The number of amides is 1. The molecule has 0 aliphatic carbocycles. The molecule has 3 heteroatoms. The number of likely N-dealkylation sites (tertiary alicyclic amines) is 2. The Morgan fingerprint density at radius 2 is 2.15 bits per heavy atom. The van der Waals surface area contributed by atoms with Gasteiger partial charge in [-0.1, -0.05) is 6.92 Å². The smallest absolute Gasteiger partial charge is 0.222 e. The highest BCUT2D eigenvalue weighted by molar-refractivity contribution is 5.78. The Morgan fingerprint density at radius 1 is 1.38 bits per heavy atom. The normalized spacial score (nSPS) is 36.2. The number of rotatable bonds is 1. The molecule has 0 aromatic heterocycles. The van der Waals surface area contributed by atoms with E-state index in [1.165, 1.54) is 0 Å². The fraction of sp³-hybridized carbons (Fsp3) is 0.900. The molecule has 2 heterocycles. The summed E-state index contributed by atoms with van der Waals surface area (Å²) in [6.07, 6.45) is 1.83. The molecule has 0 N–H and O–H groups in total. The summed E-state index contributed by atoms with van der Waals surface area (Å²) in [4.78, 5) is 15.9. The van der Waals surface area contributed by atoms with E-state index >= 15 is 0 Å². The van der Waals surface area contributed by atoms with Gasteiger partial charge in [-0.25, -0.2) is 0 Å². The van der Waals surface area contributed by atoms with Crippen LogP contribution in [0.3, 0.4) is 0 Å². The molecular formula is C10H18N2O. The molecule has 0 bridgehead atoms. The molecular weight excluding hydrogens is 164 g/mol. The first-order chi connectivity index (χ1) is 6.18. The van der Waals surface area contributed by atoms with Crippen molar-refractivity contribution in [1.29, 1.82) is 0 Å². The van der Waals surface area contributed by atoms with Crippen LogP contribution in [-0.4, -0.2) is 48.4 Å². The highest BCUT2D eigenvalue weighted by atomic mass is 16.2. The number of nitrogens with zero attached hydrogens (tertiary/aromatic N) is 2. The maximum atomic E-state index is 11.5. The predicted molar refractivity (Wildman–Crippen MR) is 51.4 cm³/mol. The van der Waals surface area contributed by atoms with Gasteiger partial charge in [0.05, 0.1) is 0 Å². The number of likely N-dealkylation sites (N-methyl/N-ethyl adjacent to an activating group) is 1. The third kappa shape index (κ3) is 1.57. The van der Waals surface area contributed by atoms with E-state index in [9.17, 15) is 4.79 Å². The highest BCUT2D eigenvalue weighted by Gasteiger charge is 2.36. The molecule has 1 amide bonds. The van der Waals surface area contributed by atoms with E-state index in [-0.39, 0.29) is 0 Å². The zero-order valence-corrected chi connectivity index (χ0v) is 8.49. The Hall–Kier alpha value is -0.570.